The van der Waals surface area contributed by atoms with Gasteiger partial charge in [-0.15, -0.1) is 0 Å². The monoisotopic (exact) mass is 562 g/mol. The van der Waals surface area contributed by atoms with Gasteiger partial charge >= 0.3 is 23.9 Å². The zero-order valence-corrected chi connectivity index (χ0v) is 20.4. The lowest BCUT2D eigenvalue weighted by molar-refractivity contribution is 0.0373. The number of hydrogen-bond donors (Lipinski definition) is 0. The zero-order chi connectivity index (χ0) is 24.7. The third-order valence-corrected chi connectivity index (χ3v) is 8.20. The fourth-order valence-electron chi connectivity index (χ4n) is 5.20. The standard InChI is InChI=1S/C24H3Cl5O6/c25-7-1-4-10-5(22(31)34-21(4)30)2-9(27)14-15(10)12(7)13-8(26)3-6-11-16(13)17(14)19(28)20(29)18(11)24(33)35-23(6)32/h1-3H. The fourth-order valence-corrected chi connectivity index (χ4v) is 6.64. The number of hydrogen-bond acceptors (Lipinski definition) is 6. The lowest BCUT2D eigenvalue weighted by Gasteiger charge is -2.25. The predicted molar refractivity (Wildman–Crippen MR) is 132 cm³/mol. The van der Waals surface area contributed by atoms with Gasteiger partial charge in [0.15, 0.2) is 0 Å². The van der Waals surface area contributed by atoms with Crippen LogP contribution in [0.4, 0.5) is 0 Å². The molecule has 6 nitrogen and oxygen atoms in total. The maximum atomic E-state index is 12.7. The van der Waals surface area contributed by atoms with E-state index in [0.29, 0.717) is 26.9 Å². The van der Waals surface area contributed by atoms with Crippen LogP contribution in [-0.4, -0.2) is 23.9 Å². The molecule has 0 N–H and O–H groups in total. The number of carbonyl (C=O) groups excluding carboxylic acids is 4. The van der Waals surface area contributed by atoms with Gasteiger partial charge in [0.25, 0.3) is 0 Å². The summed E-state index contributed by atoms with van der Waals surface area (Å²) >= 11 is 33.3. The molecule has 0 atom stereocenters. The average Bonchev–Trinajstić information content (AvgIpc) is 2.79. The summed E-state index contributed by atoms with van der Waals surface area (Å²) in [5.41, 5.74) is 0.0473. The summed E-state index contributed by atoms with van der Waals surface area (Å²) in [7, 11) is 0. The van der Waals surface area contributed by atoms with Gasteiger partial charge < -0.3 is 9.47 Å². The highest BCUT2D eigenvalue weighted by Crippen LogP contribution is 2.55. The van der Waals surface area contributed by atoms with Crippen molar-refractivity contribution in [2.24, 2.45) is 0 Å². The van der Waals surface area contributed by atoms with E-state index in [1.54, 1.807) is 0 Å². The van der Waals surface area contributed by atoms with Crippen molar-refractivity contribution in [3.05, 3.63) is 65.6 Å². The third kappa shape index (κ3) is 2.39. The minimum Gasteiger partial charge on any atom is -0.386 e. The van der Waals surface area contributed by atoms with Crippen LogP contribution in [0, 0.1) is 0 Å². The summed E-state index contributed by atoms with van der Waals surface area (Å²) in [6, 6.07) is 4.09. The van der Waals surface area contributed by atoms with Crippen molar-refractivity contribution in [1.82, 2.24) is 0 Å². The van der Waals surface area contributed by atoms with Crippen molar-refractivity contribution in [2.75, 3.05) is 0 Å². The topological polar surface area (TPSA) is 86.7 Å². The normalized spacial score (nSPS) is 15.1. The first-order valence-electron chi connectivity index (χ1n) is 9.81. The van der Waals surface area contributed by atoms with Gasteiger partial charge in [-0.3, -0.25) is 0 Å². The summed E-state index contributed by atoms with van der Waals surface area (Å²) in [5, 5.41) is 2.50. The summed E-state index contributed by atoms with van der Waals surface area (Å²) in [6.45, 7) is 0. The molecule has 0 bridgehead atoms. The largest absolute Gasteiger partial charge is 0.386 e. The average molecular weight is 565 g/mol. The Bertz CT molecular complexity index is 1960. The first-order valence-corrected chi connectivity index (χ1v) is 11.7. The molecule has 7 rings (SSSR count). The van der Waals surface area contributed by atoms with E-state index in [-0.39, 0.29) is 63.5 Å². The molecule has 2 aliphatic rings. The minimum atomic E-state index is -0.962. The molecule has 35 heavy (non-hydrogen) atoms. The highest BCUT2D eigenvalue weighted by Gasteiger charge is 2.37. The lowest BCUT2D eigenvalue weighted by atomic mass is 9.83. The molecular weight excluding hydrogens is 562 g/mol. The van der Waals surface area contributed by atoms with Crippen LogP contribution in [0.5, 0.6) is 0 Å². The number of rotatable bonds is 0. The molecule has 0 aromatic heterocycles. The van der Waals surface area contributed by atoms with Gasteiger partial charge in [-0.2, -0.15) is 0 Å². The zero-order valence-electron chi connectivity index (χ0n) is 16.6. The summed E-state index contributed by atoms with van der Waals surface area (Å²) in [4.78, 5) is 50.5. The van der Waals surface area contributed by atoms with Gasteiger partial charge in [0, 0.05) is 58.2 Å². The van der Waals surface area contributed by atoms with Crippen LogP contribution in [0.3, 0.4) is 0 Å². The second-order valence-electron chi connectivity index (χ2n) is 8.07. The number of cyclic esters (lactones) is 4. The van der Waals surface area contributed by atoms with Crippen LogP contribution in [0.2, 0.25) is 25.1 Å². The van der Waals surface area contributed by atoms with E-state index in [1.807, 2.05) is 0 Å². The predicted octanol–water partition coefficient (Wildman–Crippen LogP) is 7.63. The Morgan fingerprint density at radius 3 is 1.34 bits per heavy atom. The second-order valence-corrected chi connectivity index (χ2v) is 10.1. The molecule has 0 radical (unpaired) electrons. The van der Waals surface area contributed by atoms with E-state index in [0.717, 1.165) is 0 Å². The molecule has 0 spiro atoms. The molecule has 5 aromatic rings. The van der Waals surface area contributed by atoms with Crippen LogP contribution < -0.4 is 0 Å². The number of esters is 4. The fraction of sp³-hybridized carbons (Fsp3) is 0. The number of fused-ring (bicyclic) bond motifs is 2. The number of ether oxygens (including phenoxy) is 2. The van der Waals surface area contributed by atoms with Crippen molar-refractivity contribution in [1.29, 1.82) is 0 Å². The highest BCUT2D eigenvalue weighted by molar-refractivity contribution is 6.58. The van der Waals surface area contributed by atoms with E-state index in [1.165, 1.54) is 18.2 Å². The summed E-state index contributed by atoms with van der Waals surface area (Å²) in [5.74, 6) is -3.61. The molecule has 0 saturated carbocycles. The van der Waals surface area contributed by atoms with E-state index < -0.39 is 23.9 Å². The SMILES string of the molecule is O=C1OC(=O)c2cc(Cl)c3c4c(Cl)c(Cl)c5c6c(cc(Cl)c(c7c(Cl)cc1c2c73)c64)C(=O)OC5=O. The van der Waals surface area contributed by atoms with Gasteiger partial charge in [-0.1, -0.05) is 58.0 Å². The Morgan fingerprint density at radius 2 is 0.829 bits per heavy atom. The van der Waals surface area contributed by atoms with Crippen molar-refractivity contribution in [2.45, 2.75) is 0 Å². The van der Waals surface area contributed by atoms with Gasteiger partial charge in [-0.05, 0) is 18.2 Å². The summed E-state index contributed by atoms with van der Waals surface area (Å²) in [6.07, 6.45) is 0. The molecule has 0 saturated heterocycles. The molecule has 11 heteroatoms. The van der Waals surface area contributed by atoms with E-state index in [4.69, 9.17) is 67.5 Å². The molecule has 0 aliphatic carbocycles. The number of benzene rings is 5. The van der Waals surface area contributed by atoms with Gasteiger partial charge in [-0.25, -0.2) is 19.2 Å². The first kappa shape index (κ1) is 21.4. The highest BCUT2D eigenvalue weighted by atomic mass is 35.5. The summed E-state index contributed by atoms with van der Waals surface area (Å²) < 4.78 is 9.71. The quantitative estimate of drug-likeness (QED) is 0.0832. The lowest BCUT2D eigenvalue weighted by Crippen LogP contribution is -2.21. The Morgan fingerprint density at radius 1 is 0.429 bits per heavy atom. The number of carbonyl (C=O) groups is 4. The van der Waals surface area contributed by atoms with Crippen LogP contribution >= 0.6 is 58.0 Å². The minimum absolute atomic E-state index is 0.0169. The van der Waals surface area contributed by atoms with Crippen LogP contribution in [0.25, 0.3) is 43.1 Å². The Kier molecular flexibility index (Phi) is 4.08. The van der Waals surface area contributed by atoms with E-state index in [9.17, 15) is 19.2 Å². The smallest absolute Gasteiger partial charge is 0.348 e. The molecule has 2 heterocycles. The van der Waals surface area contributed by atoms with Gasteiger partial charge in [0.2, 0.25) is 0 Å². The molecule has 0 amide bonds. The van der Waals surface area contributed by atoms with Crippen LogP contribution in [0.15, 0.2) is 18.2 Å². The van der Waals surface area contributed by atoms with Crippen molar-refractivity contribution in [3.63, 3.8) is 0 Å². The van der Waals surface area contributed by atoms with Crippen molar-refractivity contribution < 1.29 is 28.7 Å². The molecule has 5 aromatic carbocycles. The maximum Gasteiger partial charge on any atom is 0.348 e. The molecular formula is C24H3Cl5O6. The molecule has 2 aliphatic heterocycles. The molecule has 0 unspecified atom stereocenters. The Hall–Kier alpha value is -2.87. The van der Waals surface area contributed by atoms with E-state index in [2.05, 4.69) is 0 Å². The van der Waals surface area contributed by atoms with E-state index >= 15 is 0 Å². The molecule has 0 fully saturated rings. The first-order chi connectivity index (χ1) is 16.6. The van der Waals surface area contributed by atoms with Crippen molar-refractivity contribution >= 4 is 125 Å². The second kappa shape index (κ2) is 6.66. The Balaban J connectivity index is 1.95. The Labute approximate surface area is 218 Å². The van der Waals surface area contributed by atoms with Crippen molar-refractivity contribution in [3.8, 4) is 0 Å². The third-order valence-electron chi connectivity index (χ3n) is 6.45. The maximum absolute atomic E-state index is 12.7. The van der Waals surface area contributed by atoms with Crippen LogP contribution in [-0.2, 0) is 9.47 Å². The number of halogens is 5. The van der Waals surface area contributed by atoms with Crippen LogP contribution in [0.1, 0.15) is 41.4 Å². The van der Waals surface area contributed by atoms with Gasteiger partial charge in [0.1, 0.15) is 0 Å². The van der Waals surface area contributed by atoms with Gasteiger partial charge in [0.05, 0.1) is 32.3 Å². The molecule has 170 valence electrons.